The lowest BCUT2D eigenvalue weighted by Gasteiger charge is -2.23. The molecule has 12 heteroatoms. The molecule has 1 aromatic carbocycles. The third-order valence-corrected chi connectivity index (χ3v) is 9.32. The first-order valence-corrected chi connectivity index (χ1v) is 13.3. The van der Waals surface area contributed by atoms with E-state index in [9.17, 15) is 18.6 Å². The van der Waals surface area contributed by atoms with Gasteiger partial charge in [-0.3, -0.25) is 0 Å². The molecule has 0 unspecified atom stereocenters. The molecule has 2 heterocycles. The van der Waals surface area contributed by atoms with Gasteiger partial charge < -0.3 is 19.5 Å². The Labute approximate surface area is 214 Å². The molecule has 1 saturated carbocycles. The van der Waals surface area contributed by atoms with Crippen molar-refractivity contribution in [3.05, 3.63) is 52.0 Å². The Morgan fingerprint density at radius 3 is 2.57 bits per heavy atom. The van der Waals surface area contributed by atoms with Gasteiger partial charge in [0.25, 0.3) is 0 Å². The van der Waals surface area contributed by atoms with Crippen molar-refractivity contribution in [1.82, 2.24) is 19.3 Å². The van der Waals surface area contributed by atoms with Crippen LogP contribution in [0.2, 0.25) is 10.0 Å². The second-order valence-electron chi connectivity index (χ2n) is 9.63. The molecule has 35 heavy (non-hydrogen) atoms. The van der Waals surface area contributed by atoms with Crippen LogP contribution in [-0.4, -0.2) is 56.2 Å². The van der Waals surface area contributed by atoms with Crippen LogP contribution in [0.5, 0.6) is 5.75 Å². The lowest BCUT2D eigenvalue weighted by molar-refractivity contribution is -0.0166. The van der Waals surface area contributed by atoms with E-state index in [1.165, 1.54) is 12.4 Å². The molecule has 1 fully saturated rings. The Balaban J connectivity index is 1.60. The van der Waals surface area contributed by atoms with Crippen molar-refractivity contribution in [2.45, 2.75) is 69.8 Å². The van der Waals surface area contributed by atoms with Crippen molar-refractivity contribution in [2.24, 2.45) is 0 Å². The molecule has 0 bridgehead atoms. The van der Waals surface area contributed by atoms with Gasteiger partial charge in [0.15, 0.2) is 0 Å². The van der Waals surface area contributed by atoms with Gasteiger partial charge in [-0.2, -0.15) is 0 Å². The maximum absolute atomic E-state index is 12.6. The number of hydrogen-bond donors (Lipinski definition) is 3. The summed E-state index contributed by atoms with van der Waals surface area (Å²) >= 11 is 12.6. The fourth-order valence-electron chi connectivity index (χ4n) is 4.12. The summed E-state index contributed by atoms with van der Waals surface area (Å²) in [6, 6.07) is 4.49. The van der Waals surface area contributed by atoms with Crippen LogP contribution in [0.3, 0.4) is 0 Å². The number of fused-ring (bicyclic) bond motifs is 1. The lowest BCUT2D eigenvalue weighted by Crippen LogP contribution is -2.39. The van der Waals surface area contributed by atoms with E-state index in [1.807, 2.05) is 17.6 Å². The molecule has 0 radical (unpaired) electrons. The number of aromatic nitrogens is 3. The van der Waals surface area contributed by atoms with Crippen LogP contribution < -0.4 is 9.46 Å². The van der Waals surface area contributed by atoms with E-state index in [1.54, 1.807) is 33.0 Å². The van der Waals surface area contributed by atoms with Crippen LogP contribution in [0.25, 0.3) is 11.0 Å². The molecule has 1 aliphatic rings. The van der Waals surface area contributed by atoms with E-state index in [2.05, 4.69) is 14.7 Å². The number of benzene rings is 1. The third kappa shape index (κ3) is 4.87. The minimum absolute atomic E-state index is 0.147. The van der Waals surface area contributed by atoms with Gasteiger partial charge in [0, 0.05) is 30.1 Å². The van der Waals surface area contributed by atoms with E-state index < -0.39 is 39.1 Å². The summed E-state index contributed by atoms with van der Waals surface area (Å²) in [5.41, 5.74) is 1.81. The highest BCUT2D eigenvalue weighted by molar-refractivity contribution is 7.90. The zero-order chi connectivity index (χ0) is 25.7. The van der Waals surface area contributed by atoms with Crippen LogP contribution >= 0.6 is 23.2 Å². The number of aryl methyl sites for hydroxylation is 1. The van der Waals surface area contributed by atoms with Crippen molar-refractivity contribution >= 4 is 44.3 Å². The number of nitrogens with zero attached hydrogens (tertiary/aromatic N) is 3. The minimum Gasteiger partial charge on any atom is -0.487 e. The number of sulfonamides is 1. The fraction of sp³-hybridized carbons (Fsp3) is 0.478. The molecule has 1 aliphatic carbocycles. The van der Waals surface area contributed by atoms with E-state index in [-0.39, 0.29) is 28.8 Å². The van der Waals surface area contributed by atoms with Crippen LogP contribution in [0.1, 0.15) is 44.5 Å². The van der Waals surface area contributed by atoms with Crippen LogP contribution in [0, 0.1) is 6.92 Å². The van der Waals surface area contributed by atoms with E-state index in [4.69, 9.17) is 27.9 Å². The van der Waals surface area contributed by atoms with Crippen molar-refractivity contribution < 1.29 is 23.4 Å². The standard InChI is InChI=1S/C23H28Cl2N4O5S/c1-12-13-7-8-29(22(13)27-11-26-12)16-9-18(21(31)20(16)30)34-17-6-5-15(24)19(25)14(17)10-28-35(32,33)23(2,3)4/h5-8,11,16,18,20-21,28,30-31H,9-10H2,1-4H3/t16-,18+,20+,21-/m1/s1. The first-order valence-electron chi connectivity index (χ1n) is 11.1. The van der Waals surface area contributed by atoms with Gasteiger partial charge in [0.2, 0.25) is 10.0 Å². The Morgan fingerprint density at radius 2 is 1.89 bits per heavy atom. The van der Waals surface area contributed by atoms with Gasteiger partial charge in [-0.15, -0.1) is 0 Å². The predicted molar refractivity (Wildman–Crippen MR) is 134 cm³/mol. The van der Waals surface area contributed by atoms with Gasteiger partial charge in [-0.25, -0.2) is 23.1 Å². The zero-order valence-corrected chi connectivity index (χ0v) is 22.1. The van der Waals surface area contributed by atoms with Crippen LogP contribution in [0.15, 0.2) is 30.7 Å². The Kier molecular flexibility index (Phi) is 7.09. The molecule has 0 aliphatic heterocycles. The zero-order valence-electron chi connectivity index (χ0n) is 19.7. The molecule has 3 N–H and O–H groups in total. The Hall–Kier alpha value is -1.95. The first-order chi connectivity index (χ1) is 16.3. The van der Waals surface area contributed by atoms with Gasteiger partial charge in [0.1, 0.15) is 36.0 Å². The summed E-state index contributed by atoms with van der Waals surface area (Å²) in [5.74, 6) is 0.267. The number of rotatable bonds is 6. The lowest BCUT2D eigenvalue weighted by atomic mass is 10.2. The molecule has 190 valence electrons. The summed E-state index contributed by atoms with van der Waals surface area (Å²) in [6.07, 6.45) is 0.445. The fourth-order valence-corrected chi connectivity index (χ4v) is 5.29. The number of ether oxygens (including phenoxy) is 1. The van der Waals surface area contributed by atoms with Crippen LogP contribution in [0.4, 0.5) is 0 Å². The van der Waals surface area contributed by atoms with Gasteiger partial charge in [-0.1, -0.05) is 23.2 Å². The predicted octanol–water partition coefficient (Wildman–Crippen LogP) is 3.38. The van der Waals surface area contributed by atoms with E-state index >= 15 is 0 Å². The molecule has 2 aromatic heterocycles. The number of aliphatic hydroxyl groups is 2. The number of halogens is 2. The second-order valence-corrected chi connectivity index (χ2v) is 12.9. The van der Waals surface area contributed by atoms with Crippen LogP contribution in [-0.2, 0) is 16.6 Å². The van der Waals surface area contributed by atoms with Gasteiger partial charge >= 0.3 is 0 Å². The number of aliphatic hydroxyl groups excluding tert-OH is 2. The monoisotopic (exact) mass is 542 g/mol. The molecule has 4 atom stereocenters. The average Bonchev–Trinajstić information content (AvgIpc) is 3.32. The molecule has 3 aromatic rings. The third-order valence-electron chi connectivity index (χ3n) is 6.34. The summed E-state index contributed by atoms with van der Waals surface area (Å²) in [4.78, 5) is 8.53. The van der Waals surface area contributed by atoms with Crippen molar-refractivity contribution in [1.29, 1.82) is 0 Å². The SMILES string of the molecule is Cc1ncnc2c1ccn2[C@@H]1C[C@H](Oc2ccc(Cl)c(Cl)c2CNS(=O)(=O)C(C)(C)C)[C@@H](O)[C@H]1O. The van der Waals surface area contributed by atoms with Crippen molar-refractivity contribution in [3.63, 3.8) is 0 Å². The van der Waals surface area contributed by atoms with Gasteiger partial charge in [0.05, 0.1) is 26.5 Å². The van der Waals surface area contributed by atoms with Crippen molar-refractivity contribution in [2.75, 3.05) is 0 Å². The average molecular weight is 543 g/mol. The minimum atomic E-state index is -3.66. The highest BCUT2D eigenvalue weighted by Gasteiger charge is 2.44. The van der Waals surface area contributed by atoms with E-state index in [0.29, 0.717) is 11.2 Å². The maximum atomic E-state index is 12.6. The summed E-state index contributed by atoms with van der Waals surface area (Å²) in [5, 5.41) is 22.9. The molecule has 0 amide bonds. The first kappa shape index (κ1) is 26.1. The Morgan fingerprint density at radius 1 is 1.17 bits per heavy atom. The summed E-state index contributed by atoms with van der Waals surface area (Å²) in [7, 11) is -3.66. The molecular formula is C23H28Cl2N4O5S. The molecule has 9 nitrogen and oxygen atoms in total. The highest BCUT2D eigenvalue weighted by Crippen LogP contribution is 2.39. The Bertz CT molecular complexity index is 1360. The molecular weight excluding hydrogens is 515 g/mol. The summed E-state index contributed by atoms with van der Waals surface area (Å²) < 4.78 is 34.6. The van der Waals surface area contributed by atoms with Gasteiger partial charge in [-0.05, 0) is 45.9 Å². The largest absolute Gasteiger partial charge is 0.487 e. The maximum Gasteiger partial charge on any atom is 0.216 e. The quantitative estimate of drug-likeness (QED) is 0.435. The second kappa shape index (κ2) is 9.49. The molecule has 0 spiro atoms. The molecule has 4 rings (SSSR count). The molecule has 0 saturated heterocycles. The topological polar surface area (TPSA) is 127 Å². The number of hydrogen-bond acceptors (Lipinski definition) is 7. The summed E-state index contributed by atoms with van der Waals surface area (Å²) in [6.45, 7) is 6.47. The normalized spacial score (nSPS) is 23.2. The highest BCUT2D eigenvalue weighted by atomic mass is 35.5. The van der Waals surface area contributed by atoms with E-state index in [0.717, 1.165) is 11.1 Å². The number of nitrogens with one attached hydrogen (secondary N) is 1. The smallest absolute Gasteiger partial charge is 0.216 e. The van der Waals surface area contributed by atoms with Crippen molar-refractivity contribution in [3.8, 4) is 5.75 Å².